The van der Waals surface area contributed by atoms with Gasteiger partial charge in [0.15, 0.2) is 12.2 Å². The number of carbonyl (C=O) groups excluding carboxylic acids is 1. The van der Waals surface area contributed by atoms with Crippen LogP contribution in [0.3, 0.4) is 0 Å². The third-order valence-electron chi connectivity index (χ3n) is 6.97. The standard InChI is InChI=1S/C40H42Br2O8/c1-4-46-37(39(43)44)27-31-19-21-35(33(41)25-31)49-23-11-7-9-13-29-15-17-30(18-16-29)14-10-8-12-24-50-36-22-20-32(26-34(36)42)28-38(47-5-2)40(45)48-6-3/h7,11,15-22,25-26,37-38H,4-6,8,12,23-24,27-28H2,1-3H3,(H,43,44)/b11-7+. The average molecular weight is 811 g/mol. The van der Waals surface area contributed by atoms with E-state index in [1.54, 1.807) is 26.0 Å². The van der Waals surface area contributed by atoms with Crippen molar-refractivity contribution in [3.05, 3.63) is 104 Å². The van der Waals surface area contributed by atoms with E-state index in [1.165, 1.54) is 0 Å². The van der Waals surface area contributed by atoms with E-state index >= 15 is 0 Å². The van der Waals surface area contributed by atoms with Gasteiger partial charge in [0.1, 0.15) is 18.1 Å². The molecule has 0 amide bonds. The second-order valence-corrected chi connectivity index (χ2v) is 12.4. The zero-order valence-corrected chi connectivity index (χ0v) is 31.7. The quantitative estimate of drug-likeness (QED) is 0.0786. The van der Waals surface area contributed by atoms with Crippen molar-refractivity contribution in [2.45, 2.75) is 58.7 Å². The van der Waals surface area contributed by atoms with Crippen LogP contribution in [0.15, 0.2) is 81.8 Å². The summed E-state index contributed by atoms with van der Waals surface area (Å²) in [5.74, 6) is 12.5. The summed E-state index contributed by atoms with van der Waals surface area (Å²) >= 11 is 7.06. The molecule has 0 saturated carbocycles. The molecule has 0 aliphatic rings. The van der Waals surface area contributed by atoms with Gasteiger partial charge in [-0.2, -0.15) is 0 Å². The Kier molecular flexibility index (Phi) is 18.3. The lowest BCUT2D eigenvalue weighted by Gasteiger charge is -2.16. The topological polar surface area (TPSA) is 101 Å². The lowest BCUT2D eigenvalue weighted by atomic mass is 10.1. The van der Waals surface area contributed by atoms with Crippen LogP contribution in [0.1, 0.15) is 55.9 Å². The molecule has 2 unspecified atom stereocenters. The van der Waals surface area contributed by atoms with Gasteiger partial charge in [-0.1, -0.05) is 35.8 Å². The molecule has 3 rings (SSSR count). The molecule has 2 atom stereocenters. The van der Waals surface area contributed by atoms with Crippen molar-refractivity contribution in [3.8, 4) is 35.2 Å². The lowest BCUT2D eigenvalue weighted by Crippen LogP contribution is -2.29. The van der Waals surface area contributed by atoms with E-state index in [2.05, 4.69) is 55.5 Å². The highest BCUT2D eigenvalue weighted by Gasteiger charge is 2.21. The molecule has 50 heavy (non-hydrogen) atoms. The minimum Gasteiger partial charge on any atom is -0.492 e. The Balaban J connectivity index is 1.38. The number of benzene rings is 3. The number of carbonyl (C=O) groups is 2. The van der Waals surface area contributed by atoms with Crippen LogP contribution in [0.25, 0.3) is 0 Å². The van der Waals surface area contributed by atoms with Crippen molar-refractivity contribution in [2.24, 2.45) is 0 Å². The summed E-state index contributed by atoms with van der Waals surface area (Å²) in [4.78, 5) is 23.5. The first-order valence-electron chi connectivity index (χ1n) is 16.4. The fourth-order valence-corrected chi connectivity index (χ4v) is 5.67. The second-order valence-electron chi connectivity index (χ2n) is 10.7. The van der Waals surface area contributed by atoms with Crippen LogP contribution in [0.5, 0.6) is 11.5 Å². The van der Waals surface area contributed by atoms with Gasteiger partial charge in [-0.05, 0) is 131 Å². The maximum atomic E-state index is 12.2. The fourth-order valence-electron chi connectivity index (χ4n) is 4.58. The van der Waals surface area contributed by atoms with Gasteiger partial charge in [0.25, 0.3) is 0 Å². The molecule has 0 aromatic heterocycles. The van der Waals surface area contributed by atoms with E-state index < -0.39 is 18.2 Å². The number of halogens is 2. The highest BCUT2D eigenvalue weighted by Crippen LogP contribution is 2.28. The number of aliphatic carboxylic acids is 1. The fraction of sp³-hybridized carbons (Fsp3) is 0.350. The van der Waals surface area contributed by atoms with Gasteiger partial charge in [-0.25, -0.2) is 9.59 Å². The van der Waals surface area contributed by atoms with E-state index in [0.29, 0.717) is 51.6 Å². The summed E-state index contributed by atoms with van der Waals surface area (Å²) in [6, 6.07) is 19.0. The Labute approximate surface area is 311 Å². The number of ether oxygens (including phenoxy) is 5. The maximum Gasteiger partial charge on any atom is 0.335 e. The highest BCUT2D eigenvalue weighted by atomic mass is 79.9. The molecule has 0 bridgehead atoms. The summed E-state index contributed by atoms with van der Waals surface area (Å²) in [6.45, 7) is 7.35. The Morgan fingerprint density at radius 3 is 1.94 bits per heavy atom. The number of rotatable bonds is 18. The largest absolute Gasteiger partial charge is 0.492 e. The van der Waals surface area contributed by atoms with Crippen molar-refractivity contribution in [3.63, 3.8) is 0 Å². The van der Waals surface area contributed by atoms with Gasteiger partial charge < -0.3 is 28.8 Å². The summed E-state index contributed by atoms with van der Waals surface area (Å²) in [6.07, 6.45) is 4.23. The summed E-state index contributed by atoms with van der Waals surface area (Å²) in [5.41, 5.74) is 3.58. The van der Waals surface area contributed by atoms with Crippen molar-refractivity contribution in [2.75, 3.05) is 33.0 Å². The molecule has 0 fully saturated rings. The van der Waals surface area contributed by atoms with Crippen LogP contribution in [-0.2, 0) is 36.6 Å². The first kappa shape index (κ1) is 40.4. The van der Waals surface area contributed by atoms with Gasteiger partial charge in [0.2, 0.25) is 0 Å². The summed E-state index contributed by atoms with van der Waals surface area (Å²) in [5, 5.41) is 9.30. The monoisotopic (exact) mass is 808 g/mol. The molecule has 1 N–H and O–H groups in total. The van der Waals surface area contributed by atoms with Crippen molar-refractivity contribution in [1.29, 1.82) is 0 Å². The number of esters is 1. The average Bonchev–Trinajstić information content (AvgIpc) is 3.09. The first-order valence-corrected chi connectivity index (χ1v) is 18.0. The third kappa shape index (κ3) is 14.4. The van der Waals surface area contributed by atoms with Crippen LogP contribution < -0.4 is 9.47 Å². The Morgan fingerprint density at radius 2 is 1.36 bits per heavy atom. The molecule has 0 spiro atoms. The van der Waals surface area contributed by atoms with Gasteiger partial charge >= 0.3 is 11.9 Å². The number of hydrogen-bond acceptors (Lipinski definition) is 7. The normalized spacial score (nSPS) is 11.9. The number of unbranched alkanes of at least 4 members (excludes halogenated alkanes) is 1. The summed E-state index contributed by atoms with van der Waals surface area (Å²) < 4.78 is 29.3. The molecule has 0 radical (unpaired) electrons. The molecule has 0 saturated heterocycles. The van der Waals surface area contributed by atoms with Gasteiger partial charge in [0.05, 0.1) is 22.2 Å². The molecule has 0 aliphatic carbocycles. The maximum absolute atomic E-state index is 12.2. The number of carboxylic acid groups (broad SMARTS) is 1. The lowest BCUT2D eigenvalue weighted by molar-refractivity contribution is -0.156. The minimum absolute atomic E-state index is 0.274. The predicted octanol–water partition coefficient (Wildman–Crippen LogP) is 7.95. The highest BCUT2D eigenvalue weighted by molar-refractivity contribution is 9.10. The molecule has 8 nitrogen and oxygen atoms in total. The van der Waals surface area contributed by atoms with Crippen molar-refractivity contribution < 1.29 is 38.4 Å². The van der Waals surface area contributed by atoms with Crippen LogP contribution in [0.4, 0.5) is 0 Å². The van der Waals surface area contributed by atoms with E-state index in [4.69, 9.17) is 23.7 Å². The molecular formula is C40H42Br2O8. The van der Waals surface area contributed by atoms with Gasteiger partial charge in [-0.15, -0.1) is 0 Å². The van der Waals surface area contributed by atoms with Crippen LogP contribution in [0.2, 0.25) is 0 Å². The number of carboxylic acids is 1. The zero-order valence-electron chi connectivity index (χ0n) is 28.5. The smallest absolute Gasteiger partial charge is 0.335 e. The third-order valence-corrected chi connectivity index (χ3v) is 8.21. The molecular weight excluding hydrogens is 768 g/mol. The molecule has 3 aromatic rings. The zero-order chi connectivity index (χ0) is 36.1. The van der Waals surface area contributed by atoms with E-state index in [-0.39, 0.29) is 12.4 Å². The molecule has 0 aliphatic heterocycles. The minimum atomic E-state index is -0.981. The van der Waals surface area contributed by atoms with Crippen LogP contribution in [0, 0.1) is 23.7 Å². The van der Waals surface area contributed by atoms with E-state index in [1.807, 2.05) is 67.6 Å². The van der Waals surface area contributed by atoms with Crippen LogP contribution >= 0.6 is 31.9 Å². The second kappa shape index (κ2) is 22.6. The summed E-state index contributed by atoms with van der Waals surface area (Å²) in [7, 11) is 0. The molecule has 3 aromatic carbocycles. The first-order chi connectivity index (χ1) is 24.2. The molecule has 0 heterocycles. The van der Waals surface area contributed by atoms with E-state index in [0.717, 1.165) is 43.4 Å². The van der Waals surface area contributed by atoms with Crippen molar-refractivity contribution in [1.82, 2.24) is 0 Å². The molecule has 10 heteroatoms. The SMILES string of the molecule is CCOC(=O)C(Cc1ccc(OCCCC#Cc2ccc(C#C/C=C/COc3ccc(CC(OCC)C(=O)O)cc3Br)cc2)c(Br)c1)OCC. The van der Waals surface area contributed by atoms with Gasteiger partial charge in [0, 0.05) is 43.6 Å². The Morgan fingerprint density at radius 1 is 0.780 bits per heavy atom. The number of hydrogen-bond donors (Lipinski definition) is 1. The number of allylic oxidation sites excluding steroid dienone is 1. The van der Waals surface area contributed by atoms with Gasteiger partial charge in [-0.3, -0.25) is 0 Å². The Bertz CT molecular complexity index is 1700. The van der Waals surface area contributed by atoms with Crippen molar-refractivity contribution >= 4 is 43.8 Å². The molecule has 264 valence electrons. The van der Waals surface area contributed by atoms with Crippen LogP contribution in [-0.4, -0.2) is 62.3 Å². The predicted molar refractivity (Wildman–Crippen MR) is 200 cm³/mol. The Hall–Kier alpha value is -4.06. The van der Waals surface area contributed by atoms with E-state index in [9.17, 15) is 14.7 Å².